The molecule has 0 N–H and O–H groups in total. The number of carbonyl (C=O) groups is 1. The van der Waals surface area contributed by atoms with Crippen LogP contribution in [0.15, 0.2) is 60.7 Å². The predicted molar refractivity (Wildman–Crippen MR) is 150 cm³/mol. The van der Waals surface area contributed by atoms with Crippen molar-refractivity contribution in [2.75, 3.05) is 33.2 Å². The molecule has 0 atom stereocenters. The van der Waals surface area contributed by atoms with Gasteiger partial charge in [0.2, 0.25) is 5.91 Å². The minimum atomic E-state index is -0.705. The third kappa shape index (κ3) is 6.16. The molecule has 5 rings (SSSR count). The van der Waals surface area contributed by atoms with Gasteiger partial charge in [-0.05, 0) is 58.7 Å². The molecule has 1 fully saturated rings. The maximum atomic E-state index is 14.1. The Morgan fingerprint density at radius 1 is 0.868 bits per heavy atom. The molecule has 1 saturated heterocycles. The molecule has 0 bridgehead atoms. The molecule has 3 aromatic rings. The van der Waals surface area contributed by atoms with Crippen molar-refractivity contribution in [3.05, 3.63) is 105 Å². The largest absolute Gasteiger partial charge is 0.340 e. The highest BCUT2D eigenvalue weighted by Crippen LogP contribution is 2.37. The Morgan fingerprint density at radius 3 is 1.95 bits per heavy atom. The SMILES string of the molecule is CN(Cc1cc(F)cc(Cl)c1)C(=O)C1(N2CCN(Cc3cc(F)cc(Cl)c3)CC2)Cc2ccccc2C1.Cl. The van der Waals surface area contributed by atoms with E-state index in [-0.39, 0.29) is 30.7 Å². The Morgan fingerprint density at radius 2 is 1.39 bits per heavy atom. The molecule has 2 aliphatic rings. The van der Waals surface area contributed by atoms with E-state index in [1.165, 1.54) is 35.4 Å². The average molecular weight is 581 g/mol. The van der Waals surface area contributed by atoms with E-state index in [4.69, 9.17) is 23.2 Å². The Hall–Kier alpha value is -2.22. The lowest BCUT2D eigenvalue weighted by atomic mass is 9.90. The molecule has 0 saturated carbocycles. The number of likely N-dealkylation sites (N-methyl/N-ethyl adjacent to an activating group) is 1. The van der Waals surface area contributed by atoms with Gasteiger partial charge in [0.05, 0.1) is 0 Å². The summed E-state index contributed by atoms with van der Waals surface area (Å²) in [7, 11) is 1.77. The van der Waals surface area contributed by atoms with Crippen molar-refractivity contribution in [1.82, 2.24) is 14.7 Å². The first kappa shape index (κ1) is 28.8. The first-order valence-corrected chi connectivity index (χ1v) is 13.2. The van der Waals surface area contributed by atoms with E-state index < -0.39 is 11.4 Å². The second-order valence-corrected chi connectivity index (χ2v) is 11.0. The molecule has 202 valence electrons. The summed E-state index contributed by atoms with van der Waals surface area (Å²) in [6.45, 7) is 3.80. The predicted octanol–water partition coefficient (Wildman–Crippen LogP) is 6.01. The molecule has 1 aliphatic carbocycles. The van der Waals surface area contributed by atoms with Gasteiger partial charge in [0.1, 0.15) is 17.2 Å². The van der Waals surface area contributed by atoms with Crippen LogP contribution in [0.2, 0.25) is 10.0 Å². The molecular formula is C29H30Cl3F2N3O. The van der Waals surface area contributed by atoms with E-state index >= 15 is 0 Å². The van der Waals surface area contributed by atoms with E-state index in [9.17, 15) is 13.6 Å². The topological polar surface area (TPSA) is 26.8 Å². The molecular weight excluding hydrogens is 551 g/mol. The molecule has 3 aromatic carbocycles. The van der Waals surface area contributed by atoms with Crippen molar-refractivity contribution >= 4 is 41.5 Å². The number of rotatable bonds is 6. The minimum Gasteiger partial charge on any atom is -0.340 e. The maximum Gasteiger partial charge on any atom is 0.243 e. The number of halogens is 5. The molecule has 4 nitrogen and oxygen atoms in total. The smallest absolute Gasteiger partial charge is 0.243 e. The van der Waals surface area contributed by atoms with Gasteiger partial charge in [0.25, 0.3) is 0 Å². The molecule has 1 heterocycles. The number of hydrogen-bond acceptors (Lipinski definition) is 3. The zero-order valence-electron chi connectivity index (χ0n) is 21.1. The molecule has 38 heavy (non-hydrogen) atoms. The van der Waals surface area contributed by atoms with Gasteiger partial charge in [-0.1, -0.05) is 47.5 Å². The van der Waals surface area contributed by atoms with Crippen LogP contribution in [0.3, 0.4) is 0 Å². The summed E-state index contributed by atoms with van der Waals surface area (Å²) in [6.07, 6.45) is 1.27. The van der Waals surface area contributed by atoms with Gasteiger partial charge in [-0.2, -0.15) is 0 Å². The number of fused-ring (bicyclic) bond motifs is 1. The van der Waals surface area contributed by atoms with Crippen LogP contribution in [0, 0.1) is 11.6 Å². The van der Waals surface area contributed by atoms with Gasteiger partial charge >= 0.3 is 0 Å². The fraction of sp³-hybridized carbons (Fsp3) is 0.345. The fourth-order valence-corrected chi connectivity index (χ4v) is 6.29. The summed E-state index contributed by atoms with van der Waals surface area (Å²) in [5.74, 6) is -0.728. The maximum absolute atomic E-state index is 14.1. The van der Waals surface area contributed by atoms with Crippen LogP contribution in [-0.2, 0) is 30.7 Å². The first-order chi connectivity index (χ1) is 17.7. The molecule has 0 spiro atoms. The standard InChI is InChI=1S/C29H29Cl2F2N3O.ClH/c1-34(18-20-10-24(30)14-26(32)12-20)28(37)29(16-22-4-2-3-5-23(22)17-29)36-8-6-35(7-9-36)19-21-11-25(31)15-27(33)13-21;/h2-5,10-15H,6-9,16-19H2,1H3;1H. The summed E-state index contributed by atoms with van der Waals surface area (Å²) >= 11 is 12.1. The number of piperazine rings is 1. The van der Waals surface area contributed by atoms with Crippen LogP contribution >= 0.6 is 35.6 Å². The van der Waals surface area contributed by atoms with E-state index in [0.29, 0.717) is 48.1 Å². The highest BCUT2D eigenvalue weighted by molar-refractivity contribution is 6.30. The van der Waals surface area contributed by atoms with Gasteiger partial charge in [-0.15, -0.1) is 12.4 Å². The van der Waals surface area contributed by atoms with Crippen LogP contribution in [0.4, 0.5) is 8.78 Å². The summed E-state index contributed by atoms with van der Waals surface area (Å²) in [6, 6.07) is 17.2. The van der Waals surface area contributed by atoms with Gasteiger partial charge in [-0.3, -0.25) is 14.6 Å². The minimum absolute atomic E-state index is 0. The van der Waals surface area contributed by atoms with Crippen molar-refractivity contribution in [2.45, 2.75) is 31.5 Å². The van der Waals surface area contributed by atoms with Crippen molar-refractivity contribution in [3.63, 3.8) is 0 Å². The van der Waals surface area contributed by atoms with Gasteiger partial charge in [-0.25, -0.2) is 8.78 Å². The van der Waals surface area contributed by atoms with Crippen LogP contribution < -0.4 is 0 Å². The monoisotopic (exact) mass is 579 g/mol. The van der Waals surface area contributed by atoms with Gasteiger partial charge in [0.15, 0.2) is 0 Å². The van der Waals surface area contributed by atoms with Crippen molar-refractivity contribution in [1.29, 1.82) is 0 Å². The first-order valence-electron chi connectivity index (χ1n) is 12.4. The van der Waals surface area contributed by atoms with Gasteiger partial charge < -0.3 is 4.90 Å². The fourth-order valence-electron chi connectivity index (χ4n) is 5.80. The molecule has 0 radical (unpaired) electrons. The van der Waals surface area contributed by atoms with Crippen LogP contribution in [-0.4, -0.2) is 59.4 Å². The Labute approximate surface area is 238 Å². The third-order valence-corrected chi connectivity index (χ3v) is 7.91. The normalized spacial score (nSPS) is 17.1. The number of nitrogens with zero attached hydrogens (tertiary/aromatic N) is 3. The average Bonchev–Trinajstić information content (AvgIpc) is 3.23. The summed E-state index contributed by atoms with van der Waals surface area (Å²) in [5.41, 5.74) is 3.17. The zero-order valence-corrected chi connectivity index (χ0v) is 23.4. The summed E-state index contributed by atoms with van der Waals surface area (Å²) in [5, 5.41) is 0.707. The molecule has 1 aliphatic heterocycles. The number of carbonyl (C=O) groups excluding carboxylic acids is 1. The summed E-state index contributed by atoms with van der Waals surface area (Å²) in [4.78, 5) is 20.4. The molecule has 0 aromatic heterocycles. The van der Waals surface area contributed by atoms with E-state index in [2.05, 4.69) is 21.9 Å². The quantitative estimate of drug-likeness (QED) is 0.358. The van der Waals surface area contributed by atoms with E-state index in [1.807, 2.05) is 12.1 Å². The second kappa shape index (κ2) is 11.9. The summed E-state index contributed by atoms with van der Waals surface area (Å²) < 4.78 is 27.7. The Bertz CT molecular complexity index is 1250. The number of hydrogen-bond donors (Lipinski definition) is 0. The molecule has 1 amide bonds. The molecule has 0 unspecified atom stereocenters. The van der Waals surface area contributed by atoms with Gasteiger partial charge in [0, 0.05) is 69.2 Å². The molecule has 9 heteroatoms. The van der Waals surface area contributed by atoms with Crippen molar-refractivity contribution < 1.29 is 13.6 Å². The zero-order chi connectivity index (χ0) is 26.2. The highest BCUT2D eigenvalue weighted by Gasteiger charge is 2.50. The Kier molecular flexibility index (Phi) is 9.00. The lowest BCUT2D eigenvalue weighted by Gasteiger charge is -2.46. The lowest BCUT2D eigenvalue weighted by Crippen LogP contribution is -2.64. The van der Waals surface area contributed by atoms with E-state index in [0.717, 1.165) is 18.7 Å². The second-order valence-electron chi connectivity index (χ2n) is 10.1. The highest BCUT2D eigenvalue weighted by atomic mass is 35.5. The van der Waals surface area contributed by atoms with Crippen LogP contribution in [0.5, 0.6) is 0 Å². The van der Waals surface area contributed by atoms with Crippen LogP contribution in [0.1, 0.15) is 22.3 Å². The van der Waals surface area contributed by atoms with Crippen LogP contribution in [0.25, 0.3) is 0 Å². The number of benzene rings is 3. The third-order valence-electron chi connectivity index (χ3n) is 7.48. The van der Waals surface area contributed by atoms with E-state index in [1.54, 1.807) is 24.1 Å². The Balaban J connectivity index is 0.00000336. The van der Waals surface area contributed by atoms with Crippen molar-refractivity contribution in [2.24, 2.45) is 0 Å². The number of amides is 1. The lowest BCUT2D eigenvalue weighted by molar-refractivity contribution is -0.145. The van der Waals surface area contributed by atoms with Crippen molar-refractivity contribution in [3.8, 4) is 0 Å².